The maximum atomic E-state index is 12.1. The van der Waals surface area contributed by atoms with Gasteiger partial charge in [-0.2, -0.15) is 0 Å². The van der Waals surface area contributed by atoms with Crippen molar-refractivity contribution in [2.24, 2.45) is 0 Å². The summed E-state index contributed by atoms with van der Waals surface area (Å²) in [4.78, 5) is 16.4. The highest BCUT2D eigenvalue weighted by Crippen LogP contribution is 2.28. The van der Waals surface area contributed by atoms with Gasteiger partial charge in [-0.25, -0.2) is 4.98 Å². The summed E-state index contributed by atoms with van der Waals surface area (Å²) in [6, 6.07) is 19.2. The van der Waals surface area contributed by atoms with Crippen LogP contribution in [0.3, 0.4) is 0 Å². The van der Waals surface area contributed by atoms with Crippen LogP contribution < -0.4 is 15.4 Å². The maximum absolute atomic E-state index is 12.1. The maximum Gasteiger partial charge on any atom is 0.229 e. The van der Waals surface area contributed by atoms with E-state index in [1.54, 1.807) is 19.4 Å². The fourth-order valence-corrected chi connectivity index (χ4v) is 2.59. The average molecular weight is 347 g/mol. The number of rotatable bonds is 6. The summed E-state index contributed by atoms with van der Waals surface area (Å²) in [6.07, 6.45) is 2.00. The molecule has 0 saturated carbocycles. The van der Waals surface area contributed by atoms with E-state index in [0.717, 1.165) is 28.3 Å². The summed E-state index contributed by atoms with van der Waals surface area (Å²) in [7, 11) is 1.64. The van der Waals surface area contributed by atoms with E-state index in [4.69, 9.17) is 4.74 Å². The van der Waals surface area contributed by atoms with E-state index in [9.17, 15) is 4.79 Å². The van der Waals surface area contributed by atoms with Crippen LogP contribution >= 0.6 is 0 Å². The molecule has 0 aliphatic rings. The van der Waals surface area contributed by atoms with Crippen molar-refractivity contribution in [3.63, 3.8) is 0 Å². The molecule has 132 valence electrons. The molecule has 0 atom stereocenters. The van der Waals surface area contributed by atoms with Crippen molar-refractivity contribution in [3.05, 3.63) is 78.0 Å². The van der Waals surface area contributed by atoms with Crippen molar-refractivity contribution < 1.29 is 9.53 Å². The molecule has 0 aliphatic carbocycles. The van der Waals surface area contributed by atoms with Crippen LogP contribution in [0.15, 0.2) is 66.9 Å². The Labute approximate surface area is 153 Å². The molecule has 1 amide bonds. The first-order valence-corrected chi connectivity index (χ1v) is 8.35. The van der Waals surface area contributed by atoms with Gasteiger partial charge in [0.2, 0.25) is 5.91 Å². The minimum atomic E-state index is -0.0928. The topological polar surface area (TPSA) is 63.2 Å². The van der Waals surface area contributed by atoms with Gasteiger partial charge in [-0.1, -0.05) is 36.4 Å². The molecule has 1 heterocycles. The van der Waals surface area contributed by atoms with Gasteiger partial charge in [0.15, 0.2) is 0 Å². The van der Waals surface area contributed by atoms with E-state index < -0.39 is 0 Å². The number of pyridine rings is 1. The van der Waals surface area contributed by atoms with Gasteiger partial charge in [-0.05, 0) is 42.3 Å². The first-order chi connectivity index (χ1) is 12.6. The molecule has 0 radical (unpaired) electrons. The van der Waals surface area contributed by atoms with Crippen LogP contribution in [-0.4, -0.2) is 18.0 Å². The lowest BCUT2D eigenvalue weighted by atomic mass is 10.1. The molecule has 5 nitrogen and oxygen atoms in total. The molecule has 3 rings (SSSR count). The summed E-state index contributed by atoms with van der Waals surface area (Å²) in [5, 5.41) is 6.10. The monoisotopic (exact) mass is 347 g/mol. The lowest BCUT2D eigenvalue weighted by Gasteiger charge is -2.12. The molecule has 0 aliphatic heterocycles. The first kappa shape index (κ1) is 17.5. The average Bonchev–Trinajstić information content (AvgIpc) is 2.64. The fourth-order valence-electron chi connectivity index (χ4n) is 2.59. The lowest BCUT2D eigenvalue weighted by molar-refractivity contribution is -0.115. The Morgan fingerprint density at radius 3 is 2.58 bits per heavy atom. The summed E-state index contributed by atoms with van der Waals surface area (Å²) in [6.45, 7) is 2.02. The van der Waals surface area contributed by atoms with Gasteiger partial charge in [0.1, 0.15) is 11.6 Å². The molecule has 2 aromatic carbocycles. The molecule has 2 N–H and O–H groups in total. The number of aryl methyl sites for hydroxylation is 1. The van der Waals surface area contributed by atoms with Crippen molar-refractivity contribution >= 4 is 23.1 Å². The third-order valence-corrected chi connectivity index (χ3v) is 3.87. The van der Waals surface area contributed by atoms with Crippen LogP contribution in [0.5, 0.6) is 5.75 Å². The second-order valence-corrected chi connectivity index (χ2v) is 5.97. The Morgan fingerprint density at radius 2 is 1.88 bits per heavy atom. The van der Waals surface area contributed by atoms with Crippen LogP contribution in [-0.2, 0) is 11.2 Å². The predicted octanol–water partition coefficient (Wildman–Crippen LogP) is 4.32. The zero-order valence-electron chi connectivity index (χ0n) is 14.8. The number of nitrogens with one attached hydrogen (secondary N) is 2. The van der Waals surface area contributed by atoms with E-state index in [1.165, 1.54) is 0 Å². The van der Waals surface area contributed by atoms with Gasteiger partial charge >= 0.3 is 0 Å². The fraction of sp³-hybridized carbons (Fsp3) is 0.143. The van der Waals surface area contributed by atoms with Crippen molar-refractivity contribution in [2.75, 3.05) is 17.7 Å². The molecular weight excluding hydrogens is 326 g/mol. The number of nitrogens with zero attached hydrogens (tertiary/aromatic N) is 1. The summed E-state index contributed by atoms with van der Waals surface area (Å²) in [5.74, 6) is 1.19. The molecule has 0 saturated heterocycles. The van der Waals surface area contributed by atoms with E-state index in [2.05, 4.69) is 15.6 Å². The minimum Gasteiger partial charge on any atom is -0.495 e. The van der Waals surface area contributed by atoms with Gasteiger partial charge in [-0.15, -0.1) is 0 Å². The number of carbonyl (C=O) groups excluding carboxylic acids is 1. The largest absolute Gasteiger partial charge is 0.495 e. The van der Waals surface area contributed by atoms with E-state index in [1.807, 2.05) is 61.5 Å². The Kier molecular flexibility index (Phi) is 5.49. The smallest absolute Gasteiger partial charge is 0.229 e. The predicted molar refractivity (Wildman–Crippen MR) is 104 cm³/mol. The highest BCUT2D eigenvalue weighted by Gasteiger charge is 2.06. The Morgan fingerprint density at radius 1 is 1.08 bits per heavy atom. The second-order valence-electron chi connectivity index (χ2n) is 5.97. The number of carbonyl (C=O) groups is 1. The van der Waals surface area contributed by atoms with Gasteiger partial charge in [-0.3, -0.25) is 4.79 Å². The van der Waals surface area contributed by atoms with E-state index in [-0.39, 0.29) is 5.91 Å². The van der Waals surface area contributed by atoms with Crippen LogP contribution in [0.2, 0.25) is 0 Å². The summed E-state index contributed by atoms with van der Waals surface area (Å²) >= 11 is 0. The third kappa shape index (κ3) is 4.60. The number of methoxy groups -OCH3 is 1. The number of amides is 1. The van der Waals surface area contributed by atoms with Crippen LogP contribution in [0, 0.1) is 6.92 Å². The standard InChI is InChI=1S/C21H21N3O2/c1-15-8-10-19(26-2)18(12-15)23-17-9-11-20(22-14-17)24-21(25)13-16-6-4-3-5-7-16/h3-12,14,23H,13H2,1-2H3,(H,22,24,25). The van der Waals surface area contributed by atoms with Crippen molar-refractivity contribution in [1.82, 2.24) is 4.98 Å². The van der Waals surface area contributed by atoms with Crippen molar-refractivity contribution in [2.45, 2.75) is 13.3 Å². The number of hydrogen-bond donors (Lipinski definition) is 2. The highest BCUT2D eigenvalue weighted by molar-refractivity contribution is 5.91. The Bertz CT molecular complexity index is 878. The van der Waals surface area contributed by atoms with Crippen molar-refractivity contribution in [3.8, 4) is 5.75 Å². The summed E-state index contributed by atoms with van der Waals surface area (Å²) < 4.78 is 5.37. The minimum absolute atomic E-state index is 0.0928. The lowest BCUT2D eigenvalue weighted by Crippen LogP contribution is -2.15. The van der Waals surface area contributed by atoms with E-state index in [0.29, 0.717) is 12.2 Å². The first-order valence-electron chi connectivity index (χ1n) is 8.35. The second kappa shape index (κ2) is 8.16. The quantitative estimate of drug-likeness (QED) is 0.697. The van der Waals surface area contributed by atoms with Gasteiger partial charge in [0.05, 0.1) is 31.1 Å². The SMILES string of the molecule is COc1ccc(C)cc1Nc1ccc(NC(=O)Cc2ccccc2)nc1. The van der Waals surface area contributed by atoms with E-state index >= 15 is 0 Å². The molecule has 5 heteroatoms. The molecule has 3 aromatic rings. The van der Waals surface area contributed by atoms with Crippen LogP contribution in [0.1, 0.15) is 11.1 Å². The third-order valence-electron chi connectivity index (χ3n) is 3.87. The normalized spacial score (nSPS) is 10.2. The number of benzene rings is 2. The summed E-state index contributed by atoms with van der Waals surface area (Å²) in [5.41, 5.74) is 3.78. The van der Waals surface area contributed by atoms with Crippen LogP contribution in [0.4, 0.5) is 17.2 Å². The number of hydrogen-bond acceptors (Lipinski definition) is 4. The molecule has 0 spiro atoms. The molecular formula is C21H21N3O2. The van der Waals surface area contributed by atoms with Crippen molar-refractivity contribution in [1.29, 1.82) is 0 Å². The molecule has 26 heavy (non-hydrogen) atoms. The zero-order chi connectivity index (χ0) is 18.4. The van der Waals surface area contributed by atoms with Gasteiger partial charge in [0, 0.05) is 0 Å². The Balaban J connectivity index is 1.63. The number of anilines is 3. The number of ether oxygens (including phenoxy) is 1. The number of aromatic nitrogens is 1. The van der Waals surface area contributed by atoms with Gasteiger partial charge < -0.3 is 15.4 Å². The molecule has 0 unspecified atom stereocenters. The Hall–Kier alpha value is -3.34. The van der Waals surface area contributed by atoms with Gasteiger partial charge in [0.25, 0.3) is 0 Å². The molecule has 0 bridgehead atoms. The van der Waals surface area contributed by atoms with Crippen LogP contribution in [0.25, 0.3) is 0 Å². The molecule has 0 fully saturated rings. The highest BCUT2D eigenvalue weighted by atomic mass is 16.5. The molecule has 1 aromatic heterocycles. The zero-order valence-corrected chi connectivity index (χ0v) is 14.8.